The van der Waals surface area contributed by atoms with Crippen LogP contribution in [0.5, 0.6) is 0 Å². The van der Waals surface area contributed by atoms with Crippen LogP contribution in [0.2, 0.25) is 10.0 Å². The number of benzene rings is 2. The van der Waals surface area contributed by atoms with Gasteiger partial charge in [-0.25, -0.2) is 4.79 Å². The van der Waals surface area contributed by atoms with Gasteiger partial charge >= 0.3 is 5.97 Å². The van der Waals surface area contributed by atoms with Crippen molar-refractivity contribution < 1.29 is 14.1 Å². The van der Waals surface area contributed by atoms with E-state index in [-0.39, 0.29) is 0 Å². The van der Waals surface area contributed by atoms with Crippen LogP contribution in [0.4, 0.5) is 0 Å². The van der Waals surface area contributed by atoms with Crippen LogP contribution in [-0.2, 0) is 16.0 Å². The summed E-state index contributed by atoms with van der Waals surface area (Å²) < 4.78 is 10.7. The third kappa shape index (κ3) is 4.16. The Morgan fingerprint density at radius 1 is 1.09 bits per heavy atom. The number of rotatable bonds is 5. The zero-order valence-electron chi connectivity index (χ0n) is 17.8. The molecule has 8 heteroatoms. The van der Waals surface area contributed by atoms with Crippen LogP contribution in [0, 0.1) is 0 Å². The lowest BCUT2D eigenvalue weighted by molar-refractivity contribution is -0.136. The summed E-state index contributed by atoms with van der Waals surface area (Å²) >= 11 is 12.9. The molecular formula is C24H21Cl2N3O3. The molecular weight excluding hydrogens is 449 g/mol. The summed E-state index contributed by atoms with van der Waals surface area (Å²) in [5.41, 5.74) is 4.19. The topological polar surface area (TPSA) is 77.2 Å². The number of carbonyl (C=O) groups excluding carboxylic acids is 1. The predicted octanol–water partition coefficient (Wildman–Crippen LogP) is 5.53. The average molecular weight is 470 g/mol. The minimum Gasteiger partial charge on any atom is -0.466 e. The molecule has 1 N–H and O–H groups in total. The maximum atomic E-state index is 12.8. The molecule has 0 radical (unpaired) electrons. The minimum atomic E-state index is -0.597. The van der Waals surface area contributed by atoms with E-state index in [2.05, 4.69) is 15.5 Å². The third-order valence-corrected chi connectivity index (χ3v) is 6.20. The van der Waals surface area contributed by atoms with Gasteiger partial charge in [0.05, 0.1) is 28.6 Å². The molecule has 32 heavy (non-hydrogen) atoms. The monoisotopic (exact) mass is 469 g/mol. The largest absolute Gasteiger partial charge is 0.466 e. The Kier molecular flexibility index (Phi) is 6.35. The van der Waals surface area contributed by atoms with Gasteiger partial charge < -0.3 is 14.6 Å². The van der Waals surface area contributed by atoms with Gasteiger partial charge in [0.1, 0.15) is 0 Å². The number of methoxy groups -OCH3 is 1. The fourth-order valence-corrected chi connectivity index (χ4v) is 4.34. The number of nitrogens with one attached hydrogen (secondary N) is 1. The van der Waals surface area contributed by atoms with Gasteiger partial charge in [0.25, 0.3) is 5.89 Å². The van der Waals surface area contributed by atoms with Crippen molar-refractivity contribution in [2.24, 2.45) is 0 Å². The Morgan fingerprint density at radius 3 is 2.56 bits per heavy atom. The van der Waals surface area contributed by atoms with Gasteiger partial charge in [-0.2, -0.15) is 4.98 Å². The molecule has 1 aromatic heterocycles. The van der Waals surface area contributed by atoms with E-state index in [1.54, 1.807) is 12.1 Å². The summed E-state index contributed by atoms with van der Waals surface area (Å²) in [5, 5.41) is 8.14. The zero-order valence-corrected chi connectivity index (χ0v) is 19.3. The van der Waals surface area contributed by atoms with Crippen molar-refractivity contribution in [1.29, 1.82) is 0 Å². The maximum Gasteiger partial charge on any atom is 0.336 e. The second-order valence-corrected chi connectivity index (χ2v) is 8.23. The highest BCUT2D eigenvalue weighted by atomic mass is 35.5. The molecule has 0 fully saturated rings. The molecule has 2 aromatic carbocycles. The lowest BCUT2D eigenvalue weighted by Gasteiger charge is -2.30. The molecule has 1 atom stereocenters. The standard InChI is InChI=1S/C24H21Cl2N3O3/c1-13-19(23-28-18(29-32-23)12-15-8-5-4-6-9-15)21(16-10-7-11-17(25)22(16)26)20(14(2)27-13)24(30)31-3/h4-11,21,27H,12H2,1-3H3/t21-/m0/s1. The van der Waals surface area contributed by atoms with Crippen molar-refractivity contribution in [3.63, 3.8) is 0 Å². The molecule has 2 heterocycles. The molecule has 6 nitrogen and oxygen atoms in total. The van der Waals surface area contributed by atoms with E-state index < -0.39 is 11.9 Å². The summed E-state index contributed by atoms with van der Waals surface area (Å²) in [7, 11) is 1.34. The van der Waals surface area contributed by atoms with Crippen LogP contribution in [-0.4, -0.2) is 23.2 Å². The Bertz CT molecular complexity index is 1230. The highest BCUT2D eigenvalue weighted by molar-refractivity contribution is 6.42. The molecule has 0 unspecified atom stereocenters. The molecule has 0 aliphatic carbocycles. The van der Waals surface area contributed by atoms with Gasteiger partial charge in [-0.05, 0) is 31.0 Å². The van der Waals surface area contributed by atoms with Gasteiger partial charge in [0.15, 0.2) is 5.82 Å². The van der Waals surface area contributed by atoms with Crippen molar-refractivity contribution in [2.45, 2.75) is 26.2 Å². The van der Waals surface area contributed by atoms with E-state index >= 15 is 0 Å². The summed E-state index contributed by atoms with van der Waals surface area (Å²) in [6.45, 7) is 3.70. The number of dihydropyridines is 1. The van der Waals surface area contributed by atoms with Gasteiger partial charge in [-0.3, -0.25) is 0 Å². The number of nitrogens with zero attached hydrogens (tertiary/aromatic N) is 2. The van der Waals surface area contributed by atoms with E-state index in [0.717, 1.165) is 11.3 Å². The lowest BCUT2D eigenvalue weighted by Crippen LogP contribution is -2.28. The first-order valence-electron chi connectivity index (χ1n) is 9.98. The number of ether oxygens (including phenoxy) is 1. The average Bonchev–Trinajstić information content (AvgIpc) is 3.23. The van der Waals surface area contributed by atoms with Crippen molar-refractivity contribution in [1.82, 2.24) is 15.5 Å². The number of halogens is 2. The van der Waals surface area contributed by atoms with Gasteiger partial charge in [0, 0.05) is 23.4 Å². The van der Waals surface area contributed by atoms with E-state index in [1.807, 2.05) is 50.2 Å². The van der Waals surface area contributed by atoms with Gasteiger partial charge in [-0.1, -0.05) is 70.8 Å². The first-order valence-corrected chi connectivity index (χ1v) is 10.7. The van der Waals surface area contributed by atoms with Crippen molar-refractivity contribution in [2.75, 3.05) is 7.11 Å². The molecule has 0 spiro atoms. The predicted molar refractivity (Wildman–Crippen MR) is 123 cm³/mol. The summed E-state index contributed by atoms with van der Waals surface area (Å²) in [6.07, 6.45) is 0.519. The van der Waals surface area contributed by atoms with E-state index in [4.69, 9.17) is 32.5 Å². The molecule has 0 saturated carbocycles. The number of esters is 1. The third-order valence-electron chi connectivity index (χ3n) is 5.36. The molecule has 1 aliphatic rings. The quantitative estimate of drug-likeness (QED) is 0.494. The fraction of sp³-hybridized carbons (Fsp3) is 0.208. The molecule has 0 amide bonds. The van der Waals surface area contributed by atoms with Gasteiger partial charge in [-0.15, -0.1) is 0 Å². The van der Waals surface area contributed by atoms with Crippen LogP contribution in [0.25, 0.3) is 5.57 Å². The maximum absolute atomic E-state index is 12.8. The molecule has 3 aromatic rings. The number of hydrogen-bond donors (Lipinski definition) is 1. The molecule has 0 bridgehead atoms. The first-order chi connectivity index (χ1) is 15.4. The second-order valence-electron chi connectivity index (χ2n) is 7.45. The molecule has 4 rings (SSSR count). The molecule has 1 aliphatic heterocycles. The van der Waals surface area contributed by atoms with Crippen LogP contribution in [0.1, 0.15) is 42.6 Å². The summed E-state index contributed by atoms with van der Waals surface area (Å²) in [4.78, 5) is 17.4. The zero-order chi connectivity index (χ0) is 22.8. The number of aromatic nitrogens is 2. The first kappa shape index (κ1) is 22.1. The van der Waals surface area contributed by atoms with Crippen LogP contribution in [0.3, 0.4) is 0 Å². The van der Waals surface area contributed by atoms with Crippen LogP contribution < -0.4 is 5.32 Å². The van der Waals surface area contributed by atoms with Crippen LogP contribution in [0.15, 0.2) is 70.0 Å². The smallest absolute Gasteiger partial charge is 0.336 e. The fourth-order valence-electron chi connectivity index (χ4n) is 3.93. The molecule has 0 saturated heterocycles. The Balaban J connectivity index is 1.83. The highest BCUT2D eigenvalue weighted by Crippen LogP contribution is 2.46. The second kappa shape index (κ2) is 9.18. The normalized spacial score (nSPS) is 16.2. The summed E-state index contributed by atoms with van der Waals surface area (Å²) in [5.74, 6) is -0.241. The van der Waals surface area contributed by atoms with Crippen LogP contribution >= 0.6 is 23.2 Å². The van der Waals surface area contributed by atoms with Crippen molar-refractivity contribution >= 4 is 34.7 Å². The number of allylic oxidation sites excluding steroid dienone is 3. The Labute approximate surface area is 195 Å². The number of carbonyl (C=O) groups is 1. The number of hydrogen-bond acceptors (Lipinski definition) is 6. The van der Waals surface area contributed by atoms with Gasteiger partial charge in [0.2, 0.25) is 0 Å². The summed E-state index contributed by atoms with van der Waals surface area (Å²) in [6, 6.07) is 15.2. The Hall–Kier alpha value is -3.09. The highest BCUT2D eigenvalue weighted by Gasteiger charge is 2.38. The lowest BCUT2D eigenvalue weighted by atomic mass is 9.80. The van der Waals surface area contributed by atoms with E-state index in [9.17, 15) is 4.79 Å². The SMILES string of the molecule is COC(=O)C1=C(C)NC(C)=C(c2nc(Cc3ccccc3)no2)[C@@H]1c1cccc(Cl)c1Cl. The van der Waals surface area contributed by atoms with Crippen molar-refractivity contribution in [3.8, 4) is 0 Å². The van der Waals surface area contributed by atoms with Crippen molar-refractivity contribution in [3.05, 3.63) is 98.4 Å². The van der Waals surface area contributed by atoms with E-state index in [1.165, 1.54) is 7.11 Å². The Morgan fingerprint density at radius 2 is 1.84 bits per heavy atom. The van der Waals surface area contributed by atoms with E-state index in [0.29, 0.717) is 50.6 Å². The minimum absolute atomic E-state index is 0.302. The molecule has 164 valence electrons.